The molecule has 0 unspecified atom stereocenters. The van der Waals surface area contributed by atoms with E-state index in [-0.39, 0.29) is 12.2 Å². The minimum Gasteiger partial charge on any atom is -0.394 e. The topological polar surface area (TPSA) is 113 Å². The van der Waals surface area contributed by atoms with E-state index >= 15 is 0 Å². The van der Waals surface area contributed by atoms with E-state index in [2.05, 4.69) is 20.8 Å². The normalized spacial score (nSPS) is 10.4. The molecule has 0 saturated carbocycles. The van der Waals surface area contributed by atoms with Crippen LogP contribution in [0.3, 0.4) is 0 Å². The predicted molar refractivity (Wildman–Crippen MR) is 84.2 cm³/mol. The molecule has 1 aromatic heterocycles. The summed E-state index contributed by atoms with van der Waals surface area (Å²) in [5, 5.41) is 24.9. The van der Waals surface area contributed by atoms with Crippen LogP contribution in [0, 0.1) is 11.3 Å². The fraction of sp³-hybridized carbons (Fsp3) is 0.133. The molecule has 2 aromatic rings. The van der Waals surface area contributed by atoms with Crippen LogP contribution in [0.4, 0.5) is 11.4 Å². The Kier molecular flexibility index (Phi) is 5.29. The SMILES string of the molecule is N#Cc1c(Nc2ccccc2)c(/C=N\NCCO)c[nH]c1=O. The third-order valence-corrected chi connectivity index (χ3v) is 2.80. The van der Waals surface area contributed by atoms with Crippen molar-refractivity contribution in [3.63, 3.8) is 0 Å². The van der Waals surface area contributed by atoms with Gasteiger partial charge in [-0.2, -0.15) is 10.4 Å². The maximum Gasteiger partial charge on any atom is 0.268 e. The van der Waals surface area contributed by atoms with E-state index in [1.807, 2.05) is 36.4 Å². The Balaban J connectivity index is 2.39. The van der Waals surface area contributed by atoms with Crippen LogP contribution >= 0.6 is 0 Å². The number of hydrogen-bond acceptors (Lipinski definition) is 6. The van der Waals surface area contributed by atoms with Crippen LogP contribution < -0.4 is 16.3 Å². The zero-order valence-corrected chi connectivity index (χ0v) is 11.7. The van der Waals surface area contributed by atoms with Gasteiger partial charge in [-0.3, -0.25) is 4.79 Å². The molecule has 0 spiro atoms. The maximum atomic E-state index is 11.8. The fourth-order valence-electron chi connectivity index (χ4n) is 1.78. The van der Waals surface area contributed by atoms with Gasteiger partial charge in [0.15, 0.2) is 0 Å². The summed E-state index contributed by atoms with van der Waals surface area (Å²) in [6, 6.07) is 11.1. The van der Waals surface area contributed by atoms with Crippen LogP contribution in [-0.2, 0) is 0 Å². The van der Waals surface area contributed by atoms with Crippen molar-refractivity contribution in [2.24, 2.45) is 5.10 Å². The number of aliphatic hydroxyl groups is 1. The van der Waals surface area contributed by atoms with Crippen molar-refractivity contribution in [1.82, 2.24) is 10.4 Å². The number of anilines is 2. The van der Waals surface area contributed by atoms with Crippen LogP contribution in [0.1, 0.15) is 11.1 Å². The molecule has 0 aliphatic carbocycles. The van der Waals surface area contributed by atoms with Gasteiger partial charge in [0.05, 0.1) is 25.1 Å². The van der Waals surface area contributed by atoms with Gasteiger partial charge in [-0.1, -0.05) is 18.2 Å². The minimum absolute atomic E-state index is 0.0186. The Labute approximate surface area is 126 Å². The second-order valence-corrected chi connectivity index (χ2v) is 4.32. The van der Waals surface area contributed by atoms with Crippen LogP contribution in [0.15, 0.2) is 46.4 Å². The molecule has 4 N–H and O–H groups in total. The van der Waals surface area contributed by atoms with Crippen molar-refractivity contribution in [2.45, 2.75) is 0 Å². The lowest BCUT2D eigenvalue weighted by molar-refractivity contribution is 0.294. The molecule has 0 bridgehead atoms. The molecule has 0 aliphatic heterocycles. The van der Waals surface area contributed by atoms with Crippen LogP contribution in [-0.4, -0.2) is 29.5 Å². The Morgan fingerprint density at radius 3 is 2.82 bits per heavy atom. The van der Waals surface area contributed by atoms with Crippen molar-refractivity contribution >= 4 is 17.6 Å². The Morgan fingerprint density at radius 2 is 2.14 bits per heavy atom. The first-order valence-corrected chi connectivity index (χ1v) is 6.61. The molecule has 7 heteroatoms. The van der Waals surface area contributed by atoms with Gasteiger partial charge in [-0.25, -0.2) is 0 Å². The molecular weight excluding hydrogens is 282 g/mol. The average Bonchev–Trinajstić information content (AvgIpc) is 2.54. The summed E-state index contributed by atoms with van der Waals surface area (Å²) in [5.41, 5.74) is 3.83. The average molecular weight is 297 g/mol. The molecule has 1 heterocycles. The molecule has 112 valence electrons. The molecule has 0 fully saturated rings. The van der Waals surface area contributed by atoms with Gasteiger partial charge in [-0.05, 0) is 12.1 Å². The van der Waals surface area contributed by atoms with Crippen LogP contribution in [0.2, 0.25) is 0 Å². The predicted octanol–water partition coefficient (Wildman–Crippen LogP) is 0.906. The molecule has 0 radical (unpaired) electrons. The fourth-order valence-corrected chi connectivity index (χ4v) is 1.78. The third-order valence-electron chi connectivity index (χ3n) is 2.80. The molecule has 0 aliphatic rings. The highest BCUT2D eigenvalue weighted by molar-refractivity contribution is 5.90. The van der Waals surface area contributed by atoms with Crippen molar-refractivity contribution in [2.75, 3.05) is 18.5 Å². The maximum absolute atomic E-state index is 11.8. The van der Waals surface area contributed by atoms with E-state index in [0.717, 1.165) is 5.69 Å². The Hall–Kier alpha value is -3.11. The zero-order valence-electron chi connectivity index (χ0n) is 11.7. The lowest BCUT2D eigenvalue weighted by Crippen LogP contribution is -2.15. The largest absolute Gasteiger partial charge is 0.394 e. The van der Waals surface area contributed by atoms with Crippen molar-refractivity contribution < 1.29 is 5.11 Å². The van der Waals surface area contributed by atoms with E-state index in [1.54, 1.807) is 0 Å². The molecular formula is C15H15N5O2. The monoisotopic (exact) mass is 297 g/mol. The third kappa shape index (κ3) is 3.71. The molecule has 0 atom stereocenters. The van der Waals surface area contributed by atoms with Gasteiger partial charge in [-0.15, -0.1) is 0 Å². The van der Waals surface area contributed by atoms with Crippen LogP contribution in [0.5, 0.6) is 0 Å². The van der Waals surface area contributed by atoms with Crippen molar-refractivity contribution in [3.05, 3.63) is 58.0 Å². The van der Waals surface area contributed by atoms with Gasteiger partial charge >= 0.3 is 0 Å². The molecule has 22 heavy (non-hydrogen) atoms. The summed E-state index contributed by atoms with van der Waals surface area (Å²) in [7, 11) is 0. The first kappa shape index (κ1) is 15.3. The quantitative estimate of drug-likeness (QED) is 0.359. The number of H-pyrrole nitrogens is 1. The number of nitriles is 1. The number of aromatic nitrogens is 1. The number of pyridine rings is 1. The van der Waals surface area contributed by atoms with E-state index < -0.39 is 5.56 Å². The smallest absolute Gasteiger partial charge is 0.268 e. The Morgan fingerprint density at radius 1 is 1.36 bits per heavy atom. The summed E-state index contributed by atoms with van der Waals surface area (Å²) in [5.74, 6) is 0. The van der Waals surface area contributed by atoms with Gasteiger partial charge in [0.25, 0.3) is 5.56 Å². The zero-order chi connectivity index (χ0) is 15.8. The number of nitrogens with zero attached hydrogens (tertiary/aromatic N) is 2. The molecule has 7 nitrogen and oxygen atoms in total. The standard InChI is InChI=1S/C15H15N5O2/c16-8-13-14(20-12-4-2-1-3-5-12)11(9-17-15(13)22)10-19-18-6-7-21/h1-5,9-10,18,21H,6-7H2,(H2,17,20,22)/b19-10-. The summed E-state index contributed by atoms with van der Waals surface area (Å²) in [6.07, 6.45) is 2.94. The van der Waals surface area contributed by atoms with Crippen molar-refractivity contribution in [3.8, 4) is 6.07 Å². The lowest BCUT2D eigenvalue weighted by Gasteiger charge is -2.10. The van der Waals surface area contributed by atoms with E-state index in [9.17, 15) is 10.1 Å². The number of rotatable bonds is 6. The molecule has 0 amide bonds. The van der Waals surface area contributed by atoms with Gasteiger partial charge in [0.2, 0.25) is 0 Å². The van der Waals surface area contributed by atoms with Gasteiger partial charge < -0.3 is 20.8 Å². The Bertz CT molecular complexity index is 747. The second kappa shape index (κ2) is 7.61. The van der Waals surface area contributed by atoms with Crippen LogP contribution in [0.25, 0.3) is 0 Å². The summed E-state index contributed by atoms with van der Waals surface area (Å²) in [4.78, 5) is 14.3. The number of para-hydroxylation sites is 1. The number of aliphatic hydroxyl groups excluding tert-OH is 1. The van der Waals surface area contributed by atoms with Gasteiger partial charge in [0.1, 0.15) is 11.6 Å². The number of nitrogens with one attached hydrogen (secondary N) is 3. The first-order valence-electron chi connectivity index (χ1n) is 6.61. The first-order chi connectivity index (χ1) is 10.8. The summed E-state index contributed by atoms with van der Waals surface area (Å²) in [6.45, 7) is 0.272. The van der Waals surface area contributed by atoms with Gasteiger partial charge in [0, 0.05) is 17.4 Å². The molecule has 1 aromatic carbocycles. The number of aromatic amines is 1. The summed E-state index contributed by atoms with van der Waals surface area (Å²) < 4.78 is 0. The van der Waals surface area contributed by atoms with Crippen molar-refractivity contribution in [1.29, 1.82) is 5.26 Å². The highest BCUT2D eigenvalue weighted by atomic mass is 16.3. The molecule has 2 rings (SSSR count). The second-order valence-electron chi connectivity index (χ2n) is 4.32. The lowest BCUT2D eigenvalue weighted by atomic mass is 10.1. The minimum atomic E-state index is -0.471. The number of hydrazone groups is 1. The number of benzene rings is 1. The van der Waals surface area contributed by atoms with E-state index in [0.29, 0.717) is 17.8 Å². The van der Waals surface area contributed by atoms with E-state index in [4.69, 9.17) is 5.11 Å². The highest BCUT2D eigenvalue weighted by Gasteiger charge is 2.11. The molecule has 0 saturated heterocycles. The number of hydrogen-bond donors (Lipinski definition) is 4. The summed E-state index contributed by atoms with van der Waals surface area (Å²) >= 11 is 0. The highest BCUT2D eigenvalue weighted by Crippen LogP contribution is 2.21. The van der Waals surface area contributed by atoms with E-state index in [1.165, 1.54) is 12.4 Å².